The number of rotatable bonds is 11. The number of carbonyl (C=O) groups is 2. The van der Waals surface area contributed by atoms with Gasteiger partial charge in [-0.1, -0.05) is 138 Å². The van der Waals surface area contributed by atoms with E-state index >= 15 is 0 Å². The first-order chi connectivity index (χ1) is 20.0. The van der Waals surface area contributed by atoms with Crippen molar-refractivity contribution in [1.82, 2.24) is 5.32 Å². The third-order valence-electron chi connectivity index (χ3n) is 6.25. The molecule has 1 fully saturated rings. The minimum atomic E-state index is -0.169. The summed E-state index contributed by atoms with van der Waals surface area (Å²) in [5, 5.41) is 2.94. The summed E-state index contributed by atoms with van der Waals surface area (Å²) in [5.74, 6) is 1.39. The van der Waals surface area contributed by atoms with Gasteiger partial charge < -0.3 is 15.8 Å². The summed E-state index contributed by atoms with van der Waals surface area (Å²) >= 11 is 0. The van der Waals surface area contributed by atoms with E-state index in [1.807, 2.05) is 55.4 Å². The van der Waals surface area contributed by atoms with Gasteiger partial charge in [-0.2, -0.15) is 0 Å². The molecule has 0 aliphatic heterocycles. The van der Waals surface area contributed by atoms with Crippen molar-refractivity contribution in [1.29, 1.82) is 0 Å². The van der Waals surface area contributed by atoms with Crippen molar-refractivity contribution in [3.8, 4) is 0 Å². The molecule has 0 amide bonds. The Morgan fingerprint density at radius 1 is 1.00 bits per heavy atom. The van der Waals surface area contributed by atoms with Gasteiger partial charge >= 0.3 is 5.97 Å². The van der Waals surface area contributed by atoms with E-state index in [0.717, 1.165) is 30.8 Å². The fourth-order valence-corrected chi connectivity index (χ4v) is 3.56. The zero-order chi connectivity index (χ0) is 34.8. The summed E-state index contributed by atoms with van der Waals surface area (Å²) in [7, 11) is 1.44. The average molecular weight is 605 g/mol. The normalized spacial score (nSPS) is 13.3. The second-order valence-corrected chi connectivity index (χ2v) is 12.0. The molecule has 1 aromatic carbocycles. The van der Waals surface area contributed by atoms with Crippen LogP contribution in [0.4, 0.5) is 0 Å². The number of methoxy groups -OCH3 is 1. The van der Waals surface area contributed by atoms with Crippen LogP contribution in [0.3, 0.4) is 0 Å². The van der Waals surface area contributed by atoms with Gasteiger partial charge in [-0.15, -0.1) is 0 Å². The molecule has 5 nitrogen and oxygen atoms in total. The summed E-state index contributed by atoms with van der Waals surface area (Å²) < 4.78 is 4.75. The van der Waals surface area contributed by atoms with Crippen LogP contribution in [0.15, 0.2) is 48.7 Å². The molecule has 3 unspecified atom stereocenters. The van der Waals surface area contributed by atoms with Crippen molar-refractivity contribution in [2.75, 3.05) is 13.7 Å². The number of aryl methyl sites for hydroxylation is 1. The van der Waals surface area contributed by atoms with Crippen LogP contribution in [0.2, 0.25) is 0 Å². The number of ketones is 1. The van der Waals surface area contributed by atoms with Gasteiger partial charge in [0.15, 0.2) is 0 Å². The standard InChI is InChI=1S/C14H20N2O.C14H26O2.C4H8.3C2H6/c1-10-4-6-13(7-5-10)8-14(15)12(3)16-9-11(2)17;1-10(2)12(9-14(4,5)6)8-11(3)13(15)16-7;1-4-2-3-4;3*1-2/h4-7,14,16H,3,8-9,15H2,1-2H3;11-12H,1,8-9H2,2-7H3;4H,2-3H2,1H3;3*1-2H3. The lowest BCUT2D eigenvalue weighted by Gasteiger charge is -2.27. The lowest BCUT2D eigenvalue weighted by atomic mass is 9.78. The molecule has 1 aliphatic rings. The molecule has 0 heterocycles. The largest absolute Gasteiger partial charge is 0.469 e. The number of nitrogens with two attached hydrogens (primary N) is 1. The first-order valence-electron chi connectivity index (χ1n) is 16.5. The molecule has 5 heteroatoms. The van der Waals surface area contributed by atoms with Crippen LogP contribution in [0.1, 0.15) is 127 Å². The highest BCUT2D eigenvalue weighted by molar-refractivity contribution is 5.77. The van der Waals surface area contributed by atoms with Crippen LogP contribution in [0.25, 0.3) is 0 Å². The molecule has 2 rings (SSSR count). The highest BCUT2D eigenvalue weighted by atomic mass is 16.5. The van der Waals surface area contributed by atoms with Gasteiger partial charge in [-0.05, 0) is 62.8 Å². The van der Waals surface area contributed by atoms with Gasteiger partial charge in [0.25, 0.3) is 0 Å². The summed E-state index contributed by atoms with van der Waals surface area (Å²) in [6.45, 7) is 36.6. The third kappa shape index (κ3) is 30.8. The SMILES string of the molecule is C=C(C)C(CC(C)C(=O)OC)CC(C)(C)C.C=C(NCC(C)=O)C(N)Cc1ccc(C)cc1.CC.CC.CC.CC1CC1. The topological polar surface area (TPSA) is 81.4 Å². The number of carbonyl (C=O) groups excluding carboxylic acids is 2. The molecular formula is C38H72N2O3. The van der Waals surface area contributed by atoms with Crippen LogP contribution >= 0.6 is 0 Å². The molecule has 0 aromatic heterocycles. The predicted molar refractivity (Wildman–Crippen MR) is 191 cm³/mol. The van der Waals surface area contributed by atoms with Crippen LogP contribution in [-0.4, -0.2) is 31.4 Å². The lowest BCUT2D eigenvalue weighted by molar-refractivity contribution is -0.145. The van der Waals surface area contributed by atoms with Crippen molar-refractivity contribution in [3.05, 3.63) is 59.8 Å². The number of allylic oxidation sites excluding steroid dienone is 1. The molecule has 0 bridgehead atoms. The number of nitrogens with one attached hydrogen (secondary N) is 1. The van der Waals surface area contributed by atoms with Crippen molar-refractivity contribution in [2.45, 2.75) is 135 Å². The lowest BCUT2D eigenvalue weighted by Crippen LogP contribution is -2.34. The number of hydrogen-bond donors (Lipinski definition) is 2. The average Bonchev–Trinajstić information content (AvgIpc) is 3.77. The summed E-state index contributed by atoms with van der Waals surface area (Å²) in [6.07, 6.45) is 5.59. The van der Waals surface area contributed by atoms with E-state index in [1.165, 1.54) is 38.0 Å². The van der Waals surface area contributed by atoms with Crippen LogP contribution in [0, 0.1) is 30.1 Å². The Kier molecular flexibility index (Phi) is 31.4. The molecule has 252 valence electrons. The molecule has 3 atom stereocenters. The molecule has 0 radical (unpaired) electrons. The fourth-order valence-electron chi connectivity index (χ4n) is 3.56. The smallest absolute Gasteiger partial charge is 0.308 e. The third-order valence-corrected chi connectivity index (χ3v) is 6.25. The van der Waals surface area contributed by atoms with Crippen LogP contribution < -0.4 is 11.1 Å². The maximum Gasteiger partial charge on any atom is 0.308 e. The van der Waals surface area contributed by atoms with Gasteiger partial charge in [0, 0.05) is 11.7 Å². The van der Waals surface area contributed by atoms with E-state index in [-0.39, 0.29) is 29.1 Å². The molecule has 1 aliphatic carbocycles. The Morgan fingerprint density at radius 2 is 1.44 bits per heavy atom. The molecule has 43 heavy (non-hydrogen) atoms. The van der Waals surface area contributed by atoms with Crippen molar-refractivity contribution >= 4 is 11.8 Å². The second kappa shape index (κ2) is 28.4. The molecule has 3 N–H and O–H groups in total. The minimum absolute atomic E-state index is 0.0472. The zero-order valence-electron chi connectivity index (χ0n) is 31.1. The zero-order valence-corrected chi connectivity index (χ0v) is 31.1. The van der Waals surface area contributed by atoms with Crippen molar-refractivity contribution < 1.29 is 14.3 Å². The van der Waals surface area contributed by atoms with Gasteiger partial charge in [0.2, 0.25) is 0 Å². The van der Waals surface area contributed by atoms with Crippen LogP contribution in [-0.2, 0) is 20.7 Å². The Balaban J connectivity index is -0.000000270. The van der Waals surface area contributed by atoms with E-state index in [2.05, 4.69) is 77.4 Å². The Bertz CT molecular complexity index is 849. The highest BCUT2D eigenvalue weighted by Gasteiger charge is 2.24. The number of ether oxygens (including phenoxy) is 1. The number of benzene rings is 1. The first kappa shape index (κ1) is 47.5. The number of Topliss-reactive ketones (excluding diaryl/α,β-unsaturated/α-hetero) is 1. The van der Waals surface area contributed by atoms with Crippen molar-refractivity contribution in [2.24, 2.45) is 28.9 Å². The van der Waals surface area contributed by atoms with E-state index in [1.54, 1.807) is 0 Å². The summed E-state index contributed by atoms with van der Waals surface area (Å²) in [5.41, 5.74) is 10.5. The van der Waals surface area contributed by atoms with Gasteiger partial charge in [0.1, 0.15) is 5.78 Å². The molecule has 0 spiro atoms. The highest BCUT2D eigenvalue weighted by Crippen LogP contribution is 2.32. The van der Waals surface area contributed by atoms with E-state index in [9.17, 15) is 9.59 Å². The molecule has 1 aromatic rings. The minimum Gasteiger partial charge on any atom is -0.469 e. The Hall–Kier alpha value is -2.40. The summed E-state index contributed by atoms with van der Waals surface area (Å²) in [6, 6.07) is 8.08. The second-order valence-electron chi connectivity index (χ2n) is 12.0. The maximum atomic E-state index is 11.4. The van der Waals surface area contributed by atoms with Crippen molar-refractivity contribution in [3.63, 3.8) is 0 Å². The van der Waals surface area contributed by atoms with Crippen LogP contribution in [0.5, 0.6) is 0 Å². The number of esters is 1. The van der Waals surface area contributed by atoms with E-state index in [0.29, 0.717) is 18.2 Å². The first-order valence-corrected chi connectivity index (χ1v) is 16.5. The quantitative estimate of drug-likeness (QED) is 0.194. The molecule has 1 saturated carbocycles. The molecule has 0 saturated heterocycles. The Labute approximate surface area is 268 Å². The van der Waals surface area contributed by atoms with Gasteiger partial charge in [-0.3, -0.25) is 9.59 Å². The maximum absolute atomic E-state index is 11.4. The predicted octanol–water partition coefficient (Wildman–Crippen LogP) is 9.87. The van der Waals surface area contributed by atoms with Gasteiger partial charge in [0.05, 0.1) is 19.6 Å². The molecular weight excluding hydrogens is 532 g/mol. The van der Waals surface area contributed by atoms with E-state index in [4.69, 9.17) is 10.5 Å². The summed E-state index contributed by atoms with van der Waals surface area (Å²) in [4.78, 5) is 22.2. The fraction of sp³-hybridized carbons (Fsp3) is 0.684. The van der Waals surface area contributed by atoms with E-state index < -0.39 is 0 Å². The number of hydrogen-bond acceptors (Lipinski definition) is 5. The monoisotopic (exact) mass is 605 g/mol. The Morgan fingerprint density at radius 3 is 1.77 bits per heavy atom. The van der Waals surface area contributed by atoms with Gasteiger partial charge in [-0.25, -0.2) is 0 Å².